The molecule has 0 spiro atoms. The van der Waals surface area contributed by atoms with Gasteiger partial charge in [-0.2, -0.15) is 0 Å². The van der Waals surface area contributed by atoms with Crippen LogP contribution < -0.4 is 5.32 Å². The molecule has 0 aliphatic heterocycles. The van der Waals surface area contributed by atoms with Gasteiger partial charge < -0.3 is 10.2 Å². The fourth-order valence-corrected chi connectivity index (χ4v) is 1.33. The summed E-state index contributed by atoms with van der Waals surface area (Å²) >= 11 is 0. The largest absolute Gasteiger partial charge is 0.311 e. The molecular formula is C11H26N2. The number of hydrogen-bond donors (Lipinski definition) is 1. The molecule has 0 saturated heterocycles. The van der Waals surface area contributed by atoms with E-state index in [0.717, 1.165) is 6.54 Å². The van der Waals surface area contributed by atoms with Crippen molar-refractivity contribution in [3.8, 4) is 0 Å². The summed E-state index contributed by atoms with van der Waals surface area (Å²) in [5, 5.41) is 3.50. The fourth-order valence-electron chi connectivity index (χ4n) is 1.33. The highest BCUT2D eigenvalue weighted by Crippen LogP contribution is 1.97. The number of nitrogens with zero attached hydrogens (tertiary/aromatic N) is 1. The molecule has 0 aromatic heterocycles. The molecule has 1 N–H and O–H groups in total. The molecule has 0 aromatic carbocycles. The summed E-state index contributed by atoms with van der Waals surface area (Å²) in [7, 11) is 0. The zero-order chi connectivity index (χ0) is 10.3. The first-order valence-electron chi connectivity index (χ1n) is 5.47. The van der Waals surface area contributed by atoms with Crippen LogP contribution in [-0.4, -0.2) is 36.6 Å². The van der Waals surface area contributed by atoms with Crippen molar-refractivity contribution in [1.29, 1.82) is 0 Å². The minimum absolute atomic E-state index is 0.256. The zero-order valence-electron chi connectivity index (χ0n) is 9.98. The predicted molar refractivity (Wildman–Crippen MR) is 60.2 cm³/mol. The lowest BCUT2D eigenvalue weighted by Crippen LogP contribution is -2.41. The average molecular weight is 186 g/mol. The van der Waals surface area contributed by atoms with Gasteiger partial charge in [0.25, 0.3) is 0 Å². The van der Waals surface area contributed by atoms with Crippen molar-refractivity contribution in [1.82, 2.24) is 10.2 Å². The van der Waals surface area contributed by atoms with E-state index < -0.39 is 0 Å². The van der Waals surface area contributed by atoms with Gasteiger partial charge in [-0.3, -0.25) is 0 Å². The summed E-state index contributed by atoms with van der Waals surface area (Å²) < 4.78 is 0. The van der Waals surface area contributed by atoms with E-state index in [-0.39, 0.29) is 5.54 Å². The molecule has 2 heteroatoms. The topological polar surface area (TPSA) is 15.3 Å². The number of hydrogen-bond acceptors (Lipinski definition) is 2. The summed E-state index contributed by atoms with van der Waals surface area (Å²) in [5.41, 5.74) is 0.256. The van der Waals surface area contributed by atoms with Gasteiger partial charge in [0.05, 0.1) is 0 Å². The van der Waals surface area contributed by atoms with Gasteiger partial charge in [-0.25, -0.2) is 0 Å². The van der Waals surface area contributed by atoms with Crippen LogP contribution in [0.3, 0.4) is 0 Å². The van der Waals surface area contributed by atoms with E-state index in [2.05, 4.69) is 44.8 Å². The maximum Gasteiger partial charge on any atom is 0.0107 e. The monoisotopic (exact) mass is 186 g/mol. The second-order valence-corrected chi connectivity index (χ2v) is 4.61. The van der Waals surface area contributed by atoms with Gasteiger partial charge in [0.15, 0.2) is 0 Å². The van der Waals surface area contributed by atoms with E-state index >= 15 is 0 Å². The van der Waals surface area contributed by atoms with Crippen molar-refractivity contribution in [3.63, 3.8) is 0 Å². The zero-order valence-corrected chi connectivity index (χ0v) is 9.98. The van der Waals surface area contributed by atoms with Crippen LogP contribution in [0.15, 0.2) is 0 Å². The Hall–Kier alpha value is -0.0800. The second kappa shape index (κ2) is 6.39. The first-order valence-corrected chi connectivity index (χ1v) is 5.47. The van der Waals surface area contributed by atoms with Crippen LogP contribution in [-0.2, 0) is 0 Å². The Morgan fingerprint density at radius 2 is 1.69 bits per heavy atom. The van der Waals surface area contributed by atoms with E-state index in [1.54, 1.807) is 0 Å². The minimum atomic E-state index is 0.256. The normalized spacial score (nSPS) is 12.5. The van der Waals surface area contributed by atoms with Gasteiger partial charge in [-0.05, 0) is 40.3 Å². The number of likely N-dealkylation sites (N-methyl/N-ethyl adjacent to an activating group) is 1. The molecule has 0 bridgehead atoms. The second-order valence-electron chi connectivity index (χ2n) is 4.61. The van der Waals surface area contributed by atoms with Crippen LogP contribution in [0.1, 0.15) is 41.0 Å². The van der Waals surface area contributed by atoms with Gasteiger partial charge in [0.2, 0.25) is 0 Å². The van der Waals surface area contributed by atoms with Gasteiger partial charge >= 0.3 is 0 Å². The molecule has 0 aliphatic rings. The molecule has 0 saturated carbocycles. The molecule has 0 atom stereocenters. The first kappa shape index (κ1) is 12.9. The van der Waals surface area contributed by atoms with Crippen LogP contribution in [0, 0.1) is 0 Å². The molecule has 0 radical (unpaired) electrons. The molecule has 2 nitrogen and oxygen atoms in total. The maximum absolute atomic E-state index is 3.50. The van der Waals surface area contributed by atoms with Crippen molar-refractivity contribution in [2.75, 3.05) is 26.2 Å². The van der Waals surface area contributed by atoms with E-state index in [1.165, 1.54) is 26.1 Å². The van der Waals surface area contributed by atoms with Crippen molar-refractivity contribution in [2.24, 2.45) is 0 Å². The third-order valence-corrected chi connectivity index (χ3v) is 2.07. The Morgan fingerprint density at radius 3 is 2.08 bits per heavy atom. The van der Waals surface area contributed by atoms with Crippen molar-refractivity contribution in [2.45, 2.75) is 46.6 Å². The lowest BCUT2D eigenvalue weighted by molar-refractivity contribution is 0.273. The summed E-state index contributed by atoms with van der Waals surface area (Å²) in [5.74, 6) is 0. The maximum atomic E-state index is 3.50. The van der Waals surface area contributed by atoms with E-state index in [4.69, 9.17) is 0 Å². The highest BCUT2D eigenvalue weighted by molar-refractivity contribution is 4.71. The molecular weight excluding hydrogens is 160 g/mol. The summed E-state index contributed by atoms with van der Waals surface area (Å²) in [6.45, 7) is 15.8. The molecule has 0 fully saturated rings. The Bertz CT molecular complexity index is 116. The summed E-state index contributed by atoms with van der Waals surface area (Å²) in [6.07, 6.45) is 1.25. The standard InChI is InChI=1S/C11H26N2/c1-6-9-13(7-2)10-8-12-11(3,4)5/h12H,6-10H2,1-5H3. The molecule has 0 amide bonds. The third kappa shape index (κ3) is 8.26. The number of rotatable bonds is 6. The molecule has 80 valence electrons. The third-order valence-electron chi connectivity index (χ3n) is 2.07. The number of nitrogens with one attached hydrogen (secondary N) is 1. The molecule has 0 rings (SSSR count). The first-order chi connectivity index (χ1) is 5.99. The fraction of sp³-hybridized carbons (Fsp3) is 1.00. The van der Waals surface area contributed by atoms with Crippen LogP contribution in [0.2, 0.25) is 0 Å². The van der Waals surface area contributed by atoms with Crippen molar-refractivity contribution < 1.29 is 0 Å². The lowest BCUT2D eigenvalue weighted by atomic mass is 10.1. The lowest BCUT2D eigenvalue weighted by Gasteiger charge is -2.24. The van der Waals surface area contributed by atoms with Gasteiger partial charge in [0, 0.05) is 18.6 Å². The molecule has 0 heterocycles. The Kier molecular flexibility index (Phi) is 6.35. The SMILES string of the molecule is CCCN(CC)CCNC(C)(C)C. The quantitative estimate of drug-likeness (QED) is 0.683. The van der Waals surface area contributed by atoms with E-state index in [0.29, 0.717) is 0 Å². The summed E-state index contributed by atoms with van der Waals surface area (Å²) in [6, 6.07) is 0. The predicted octanol–water partition coefficient (Wildman–Crippen LogP) is 2.11. The van der Waals surface area contributed by atoms with E-state index in [9.17, 15) is 0 Å². The molecule has 0 aliphatic carbocycles. The Labute approximate surface area is 83.7 Å². The van der Waals surface area contributed by atoms with Gasteiger partial charge in [-0.15, -0.1) is 0 Å². The van der Waals surface area contributed by atoms with Crippen LogP contribution in [0.4, 0.5) is 0 Å². The van der Waals surface area contributed by atoms with Gasteiger partial charge in [-0.1, -0.05) is 13.8 Å². The molecule has 0 unspecified atom stereocenters. The molecule has 0 aromatic rings. The highest BCUT2D eigenvalue weighted by atomic mass is 15.1. The smallest absolute Gasteiger partial charge is 0.0107 e. The van der Waals surface area contributed by atoms with Crippen molar-refractivity contribution >= 4 is 0 Å². The van der Waals surface area contributed by atoms with Crippen LogP contribution in [0.5, 0.6) is 0 Å². The average Bonchev–Trinajstić information content (AvgIpc) is 2.01. The van der Waals surface area contributed by atoms with Crippen molar-refractivity contribution in [3.05, 3.63) is 0 Å². The summed E-state index contributed by atoms with van der Waals surface area (Å²) in [4.78, 5) is 2.48. The van der Waals surface area contributed by atoms with Gasteiger partial charge in [0.1, 0.15) is 0 Å². The van der Waals surface area contributed by atoms with E-state index in [1.807, 2.05) is 0 Å². The highest BCUT2D eigenvalue weighted by Gasteiger charge is 2.08. The Balaban J connectivity index is 3.49. The minimum Gasteiger partial charge on any atom is -0.311 e. The van der Waals surface area contributed by atoms with Crippen LogP contribution >= 0.6 is 0 Å². The van der Waals surface area contributed by atoms with Crippen LogP contribution in [0.25, 0.3) is 0 Å². The molecule has 13 heavy (non-hydrogen) atoms. The Morgan fingerprint density at radius 1 is 1.08 bits per heavy atom.